The number of nitrogens with zero attached hydrogens (tertiary/aromatic N) is 3. The lowest BCUT2D eigenvalue weighted by Crippen LogP contribution is -2.17. The Kier molecular flexibility index (Phi) is 3.71. The molecule has 0 fully saturated rings. The fourth-order valence-corrected chi connectivity index (χ4v) is 1.83. The van der Waals surface area contributed by atoms with Crippen molar-refractivity contribution >= 4 is 29.1 Å². The Hall–Kier alpha value is -2.08. The molecule has 0 aliphatic rings. The van der Waals surface area contributed by atoms with E-state index in [1.54, 1.807) is 16.9 Å². The largest absolute Gasteiger partial charge is 0.384 e. The smallest absolute Gasteiger partial charge is 0.258 e. The van der Waals surface area contributed by atoms with E-state index in [1.165, 1.54) is 12.3 Å². The van der Waals surface area contributed by atoms with E-state index in [-0.39, 0.29) is 28.4 Å². The molecule has 0 unspecified atom stereocenters. The molecule has 3 N–H and O–H groups in total. The number of hydrogen-bond donors (Lipinski definition) is 2. The molecule has 6 nitrogen and oxygen atoms in total. The Bertz CT molecular complexity index is 608. The van der Waals surface area contributed by atoms with Crippen molar-refractivity contribution in [1.29, 1.82) is 0 Å². The van der Waals surface area contributed by atoms with Gasteiger partial charge in [-0.15, -0.1) is 0 Å². The van der Waals surface area contributed by atoms with Crippen LogP contribution in [0.5, 0.6) is 0 Å². The molecule has 0 bridgehead atoms. The van der Waals surface area contributed by atoms with Crippen LogP contribution >= 0.6 is 11.6 Å². The molecule has 2 aromatic rings. The zero-order chi connectivity index (χ0) is 14.0. The van der Waals surface area contributed by atoms with E-state index in [4.69, 9.17) is 17.3 Å². The van der Waals surface area contributed by atoms with E-state index in [0.29, 0.717) is 5.82 Å². The number of nitrogens with two attached hydrogens (primary N) is 1. The van der Waals surface area contributed by atoms with E-state index in [0.717, 1.165) is 0 Å². The molecule has 0 atom stereocenters. The highest BCUT2D eigenvalue weighted by atomic mass is 35.5. The summed E-state index contributed by atoms with van der Waals surface area (Å²) in [5.74, 6) is 0.500. The van der Waals surface area contributed by atoms with Gasteiger partial charge in [0.25, 0.3) is 5.91 Å². The molecular weight excluding hydrogens is 266 g/mol. The molecule has 1 amide bonds. The Labute approximate surface area is 115 Å². The van der Waals surface area contributed by atoms with Crippen molar-refractivity contribution in [3.05, 3.63) is 35.1 Å². The second-order valence-corrected chi connectivity index (χ2v) is 4.71. The minimum Gasteiger partial charge on any atom is -0.384 e. The minimum absolute atomic E-state index is 0.142. The number of anilines is 2. The summed E-state index contributed by atoms with van der Waals surface area (Å²) in [5.41, 5.74) is 5.83. The van der Waals surface area contributed by atoms with E-state index in [1.807, 2.05) is 13.8 Å². The summed E-state index contributed by atoms with van der Waals surface area (Å²) < 4.78 is 1.70. The zero-order valence-corrected chi connectivity index (χ0v) is 11.3. The quantitative estimate of drug-likeness (QED) is 0.903. The molecule has 2 rings (SSSR count). The maximum absolute atomic E-state index is 12.1. The highest BCUT2D eigenvalue weighted by Gasteiger charge is 2.14. The molecule has 2 heterocycles. The molecular formula is C12H14ClN5O. The Morgan fingerprint density at radius 2 is 2.26 bits per heavy atom. The van der Waals surface area contributed by atoms with Crippen molar-refractivity contribution in [1.82, 2.24) is 14.8 Å². The molecule has 0 saturated carbocycles. The second-order valence-electron chi connectivity index (χ2n) is 4.30. The molecule has 0 aliphatic heterocycles. The molecule has 0 spiro atoms. The average Bonchev–Trinajstić information content (AvgIpc) is 2.80. The van der Waals surface area contributed by atoms with Crippen LogP contribution in [0.15, 0.2) is 24.5 Å². The van der Waals surface area contributed by atoms with Crippen LogP contribution < -0.4 is 11.1 Å². The number of carbonyl (C=O) groups is 1. The van der Waals surface area contributed by atoms with Crippen LogP contribution in [-0.4, -0.2) is 20.7 Å². The number of rotatable bonds is 3. The lowest BCUT2D eigenvalue weighted by Gasteiger charge is -2.12. The van der Waals surface area contributed by atoms with E-state index < -0.39 is 0 Å². The topological polar surface area (TPSA) is 85.8 Å². The van der Waals surface area contributed by atoms with Crippen molar-refractivity contribution in [2.45, 2.75) is 19.9 Å². The highest BCUT2D eigenvalue weighted by molar-refractivity contribution is 6.34. The normalized spacial score (nSPS) is 10.7. The molecule has 7 heteroatoms. The van der Waals surface area contributed by atoms with Crippen LogP contribution in [0.3, 0.4) is 0 Å². The van der Waals surface area contributed by atoms with Crippen molar-refractivity contribution < 1.29 is 4.79 Å². The summed E-state index contributed by atoms with van der Waals surface area (Å²) in [6.45, 7) is 3.94. The maximum atomic E-state index is 12.1. The van der Waals surface area contributed by atoms with E-state index in [2.05, 4.69) is 15.4 Å². The van der Waals surface area contributed by atoms with Crippen molar-refractivity contribution in [2.24, 2.45) is 0 Å². The Morgan fingerprint density at radius 1 is 1.53 bits per heavy atom. The molecule has 0 aliphatic carbocycles. The number of amides is 1. The van der Waals surface area contributed by atoms with Crippen LogP contribution in [0.4, 0.5) is 11.6 Å². The van der Waals surface area contributed by atoms with Gasteiger partial charge < -0.3 is 11.1 Å². The fraction of sp³-hybridized carbons (Fsp3) is 0.250. The van der Waals surface area contributed by atoms with Gasteiger partial charge in [-0.1, -0.05) is 11.6 Å². The van der Waals surface area contributed by atoms with Crippen LogP contribution in [0, 0.1) is 0 Å². The predicted molar refractivity (Wildman–Crippen MR) is 74.2 cm³/mol. The summed E-state index contributed by atoms with van der Waals surface area (Å²) in [5, 5.41) is 7.14. The average molecular weight is 280 g/mol. The number of carbonyl (C=O) groups excluding carboxylic acids is 1. The zero-order valence-electron chi connectivity index (χ0n) is 10.6. The van der Waals surface area contributed by atoms with Gasteiger partial charge in [0, 0.05) is 18.3 Å². The van der Waals surface area contributed by atoms with Crippen molar-refractivity contribution in [3.8, 4) is 0 Å². The number of nitrogens with one attached hydrogen (secondary N) is 1. The van der Waals surface area contributed by atoms with Gasteiger partial charge in [0.2, 0.25) is 0 Å². The van der Waals surface area contributed by atoms with Gasteiger partial charge in [0.15, 0.2) is 0 Å². The third kappa shape index (κ3) is 2.85. The van der Waals surface area contributed by atoms with Gasteiger partial charge >= 0.3 is 0 Å². The number of nitrogen functional groups attached to an aromatic ring is 1. The summed E-state index contributed by atoms with van der Waals surface area (Å²) in [6, 6.07) is 3.30. The van der Waals surface area contributed by atoms with Crippen LogP contribution in [0.2, 0.25) is 5.02 Å². The summed E-state index contributed by atoms with van der Waals surface area (Å²) >= 11 is 5.93. The number of hydrogen-bond acceptors (Lipinski definition) is 4. The van der Waals surface area contributed by atoms with Gasteiger partial charge in [-0.05, 0) is 19.9 Å². The van der Waals surface area contributed by atoms with Crippen molar-refractivity contribution in [3.63, 3.8) is 0 Å². The first kappa shape index (κ1) is 13.4. The number of aromatic nitrogens is 3. The second kappa shape index (κ2) is 5.27. The van der Waals surface area contributed by atoms with E-state index >= 15 is 0 Å². The first-order valence-electron chi connectivity index (χ1n) is 5.75. The molecule has 0 saturated heterocycles. The van der Waals surface area contributed by atoms with Crippen molar-refractivity contribution in [2.75, 3.05) is 11.1 Å². The monoisotopic (exact) mass is 279 g/mol. The third-order valence-corrected chi connectivity index (χ3v) is 2.82. The fourth-order valence-electron chi connectivity index (χ4n) is 1.64. The van der Waals surface area contributed by atoms with E-state index in [9.17, 15) is 4.79 Å². The lowest BCUT2D eigenvalue weighted by molar-refractivity contribution is 0.102. The Balaban J connectivity index is 2.26. The molecule has 0 radical (unpaired) electrons. The van der Waals surface area contributed by atoms with Gasteiger partial charge in [0.1, 0.15) is 11.6 Å². The van der Waals surface area contributed by atoms with Gasteiger partial charge in [-0.25, -0.2) is 9.67 Å². The van der Waals surface area contributed by atoms with Gasteiger partial charge in [-0.3, -0.25) is 4.79 Å². The minimum atomic E-state index is -0.346. The Morgan fingerprint density at radius 3 is 2.95 bits per heavy atom. The summed E-state index contributed by atoms with van der Waals surface area (Å²) in [6.07, 6.45) is 2.98. The number of halogens is 1. The van der Waals surface area contributed by atoms with Crippen LogP contribution in [0.1, 0.15) is 30.2 Å². The highest BCUT2D eigenvalue weighted by Crippen LogP contribution is 2.19. The third-order valence-electron chi connectivity index (χ3n) is 2.52. The molecule has 100 valence electrons. The number of pyridine rings is 1. The molecule has 19 heavy (non-hydrogen) atoms. The van der Waals surface area contributed by atoms with Crippen LogP contribution in [-0.2, 0) is 0 Å². The molecule has 0 aromatic carbocycles. The molecule has 2 aromatic heterocycles. The first-order chi connectivity index (χ1) is 8.99. The summed E-state index contributed by atoms with van der Waals surface area (Å²) in [7, 11) is 0. The first-order valence-corrected chi connectivity index (χ1v) is 6.12. The van der Waals surface area contributed by atoms with Crippen LogP contribution in [0.25, 0.3) is 0 Å². The van der Waals surface area contributed by atoms with Gasteiger partial charge in [0.05, 0.1) is 16.8 Å². The predicted octanol–water partition coefficient (Wildman–Crippen LogP) is 2.35. The standard InChI is InChI=1S/C12H14ClN5O/c1-7(2)18-11(3-4-16-18)17-12(19)8-5-10(14)15-6-9(8)13/h3-7H,1-2H3,(H2,14,15)(H,17,19). The maximum Gasteiger partial charge on any atom is 0.258 e. The van der Waals surface area contributed by atoms with Gasteiger partial charge in [-0.2, -0.15) is 5.10 Å². The SMILES string of the molecule is CC(C)n1nccc1NC(=O)c1cc(N)ncc1Cl. The summed E-state index contributed by atoms with van der Waals surface area (Å²) in [4.78, 5) is 16.0. The lowest BCUT2D eigenvalue weighted by atomic mass is 10.2.